The molecule has 5 rings (SSSR count). The van der Waals surface area contributed by atoms with Gasteiger partial charge < -0.3 is 14.4 Å². The number of imidazole rings is 1. The molecule has 29 heavy (non-hydrogen) atoms. The highest BCUT2D eigenvalue weighted by Gasteiger charge is 2.64. The number of likely N-dealkylation sites (tertiary alicyclic amines) is 2. The standard InChI is InChI=1S/C21H27N5O2S/c1-15-18(29-14-23-15)19-21(6-2-3-7-21)20(28)26(19)16-4-9-25(10-5-16)17(27)12-24-11-8-22-13-24/h8,11,13-14,16,19H,2-7,9-10,12H2,1H3. The van der Waals surface area contributed by atoms with Gasteiger partial charge in [-0.1, -0.05) is 12.8 Å². The lowest BCUT2D eigenvalue weighted by molar-refractivity contribution is -0.180. The van der Waals surface area contributed by atoms with Crippen molar-refractivity contribution in [1.82, 2.24) is 24.3 Å². The van der Waals surface area contributed by atoms with Gasteiger partial charge in [-0.15, -0.1) is 11.3 Å². The number of thiazole rings is 1. The smallest absolute Gasteiger partial charge is 0.242 e. The van der Waals surface area contributed by atoms with E-state index in [2.05, 4.69) is 21.8 Å². The SMILES string of the molecule is Cc1ncsc1C1N(C2CCN(C(=O)Cn3ccnc3)CC2)C(=O)C12CCCC2. The molecule has 7 nitrogen and oxygen atoms in total. The van der Waals surface area contributed by atoms with Crippen molar-refractivity contribution in [3.05, 3.63) is 34.8 Å². The van der Waals surface area contributed by atoms with Gasteiger partial charge in [0, 0.05) is 31.5 Å². The summed E-state index contributed by atoms with van der Waals surface area (Å²) in [4.78, 5) is 39.8. The van der Waals surface area contributed by atoms with Crippen LogP contribution in [0.15, 0.2) is 24.2 Å². The molecular formula is C21H27N5O2S. The lowest BCUT2D eigenvalue weighted by Crippen LogP contribution is -2.66. The number of carbonyl (C=O) groups is 2. The molecule has 3 fully saturated rings. The minimum atomic E-state index is -0.189. The van der Waals surface area contributed by atoms with Crippen molar-refractivity contribution in [2.75, 3.05) is 13.1 Å². The Kier molecular flexibility index (Phi) is 4.69. The first-order valence-corrected chi connectivity index (χ1v) is 11.4. The number of nitrogens with zero attached hydrogens (tertiary/aromatic N) is 5. The highest BCUT2D eigenvalue weighted by atomic mass is 32.1. The van der Waals surface area contributed by atoms with Crippen LogP contribution in [-0.2, 0) is 16.1 Å². The summed E-state index contributed by atoms with van der Waals surface area (Å²) in [6.07, 6.45) is 11.2. The minimum absolute atomic E-state index is 0.124. The van der Waals surface area contributed by atoms with Crippen LogP contribution in [0.5, 0.6) is 0 Å². The van der Waals surface area contributed by atoms with Crippen LogP contribution in [0.1, 0.15) is 55.1 Å². The molecule has 1 aliphatic carbocycles. The number of hydrogen-bond acceptors (Lipinski definition) is 5. The third kappa shape index (κ3) is 2.99. The van der Waals surface area contributed by atoms with Crippen LogP contribution in [0.4, 0.5) is 0 Å². The van der Waals surface area contributed by atoms with Crippen molar-refractivity contribution in [2.45, 2.75) is 64.1 Å². The second-order valence-electron chi connectivity index (χ2n) is 8.63. The van der Waals surface area contributed by atoms with Gasteiger partial charge in [0.15, 0.2) is 0 Å². The Morgan fingerprint density at radius 3 is 2.66 bits per heavy atom. The molecule has 0 radical (unpaired) electrons. The Morgan fingerprint density at radius 2 is 2.03 bits per heavy atom. The molecule has 0 bridgehead atoms. The van der Waals surface area contributed by atoms with Crippen LogP contribution in [0.25, 0.3) is 0 Å². The van der Waals surface area contributed by atoms with Gasteiger partial charge in [-0.25, -0.2) is 9.97 Å². The van der Waals surface area contributed by atoms with E-state index in [1.807, 2.05) is 16.6 Å². The molecular weight excluding hydrogens is 386 g/mol. The van der Waals surface area contributed by atoms with Gasteiger partial charge in [-0.2, -0.15) is 0 Å². The Bertz CT molecular complexity index is 894. The molecule has 2 saturated heterocycles. The summed E-state index contributed by atoms with van der Waals surface area (Å²) in [5, 5.41) is 0. The van der Waals surface area contributed by atoms with Gasteiger partial charge in [0.1, 0.15) is 6.54 Å². The molecule has 1 atom stereocenters. The molecule has 2 aliphatic heterocycles. The Balaban J connectivity index is 1.29. The van der Waals surface area contributed by atoms with Gasteiger partial charge >= 0.3 is 0 Å². The fraction of sp³-hybridized carbons (Fsp3) is 0.619. The zero-order valence-corrected chi connectivity index (χ0v) is 17.6. The van der Waals surface area contributed by atoms with Crippen molar-refractivity contribution in [3.8, 4) is 0 Å². The molecule has 2 amide bonds. The van der Waals surface area contributed by atoms with E-state index >= 15 is 0 Å². The van der Waals surface area contributed by atoms with Crippen LogP contribution < -0.4 is 0 Å². The second kappa shape index (κ2) is 7.23. The number of aryl methyl sites for hydroxylation is 1. The summed E-state index contributed by atoms with van der Waals surface area (Å²) in [5.41, 5.74) is 2.79. The average molecular weight is 414 g/mol. The monoisotopic (exact) mass is 413 g/mol. The van der Waals surface area contributed by atoms with E-state index in [1.165, 1.54) is 4.88 Å². The van der Waals surface area contributed by atoms with E-state index in [4.69, 9.17) is 0 Å². The van der Waals surface area contributed by atoms with Crippen LogP contribution in [0, 0.1) is 12.3 Å². The van der Waals surface area contributed by atoms with Crippen molar-refractivity contribution in [1.29, 1.82) is 0 Å². The number of aromatic nitrogens is 3. The number of carbonyl (C=O) groups excluding carboxylic acids is 2. The van der Waals surface area contributed by atoms with E-state index in [9.17, 15) is 9.59 Å². The fourth-order valence-electron chi connectivity index (χ4n) is 5.54. The Labute approximate surface area is 174 Å². The lowest BCUT2D eigenvalue weighted by atomic mass is 9.67. The first-order chi connectivity index (χ1) is 14.1. The molecule has 3 aliphatic rings. The lowest BCUT2D eigenvalue weighted by Gasteiger charge is -2.58. The average Bonchev–Trinajstić information content (AvgIpc) is 3.49. The third-order valence-corrected chi connectivity index (χ3v) is 8.06. The predicted octanol–water partition coefficient (Wildman–Crippen LogP) is 2.78. The maximum atomic E-state index is 13.3. The second-order valence-corrected chi connectivity index (χ2v) is 9.51. The van der Waals surface area contributed by atoms with E-state index in [0.717, 1.165) is 44.2 Å². The van der Waals surface area contributed by atoms with E-state index < -0.39 is 0 Å². The summed E-state index contributed by atoms with van der Waals surface area (Å²) in [6, 6.07) is 0.403. The van der Waals surface area contributed by atoms with Gasteiger partial charge in [0.2, 0.25) is 11.8 Å². The zero-order chi connectivity index (χ0) is 20.0. The summed E-state index contributed by atoms with van der Waals surface area (Å²) < 4.78 is 1.81. The number of piperidine rings is 1. The van der Waals surface area contributed by atoms with Crippen LogP contribution in [0.3, 0.4) is 0 Å². The van der Waals surface area contributed by atoms with Crippen molar-refractivity contribution in [3.63, 3.8) is 0 Å². The first-order valence-electron chi connectivity index (χ1n) is 10.6. The molecule has 8 heteroatoms. The fourth-order valence-corrected chi connectivity index (χ4v) is 6.56. The molecule has 0 aromatic carbocycles. The zero-order valence-electron chi connectivity index (χ0n) is 16.8. The summed E-state index contributed by atoms with van der Waals surface area (Å²) >= 11 is 1.69. The quantitative estimate of drug-likeness (QED) is 0.723. The molecule has 154 valence electrons. The van der Waals surface area contributed by atoms with Gasteiger partial charge in [0.05, 0.1) is 33.9 Å². The largest absolute Gasteiger partial charge is 0.341 e. The minimum Gasteiger partial charge on any atom is -0.341 e. The molecule has 4 heterocycles. The number of rotatable bonds is 4. The van der Waals surface area contributed by atoms with Gasteiger partial charge in [-0.05, 0) is 32.6 Å². The van der Waals surface area contributed by atoms with E-state index in [-0.39, 0.29) is 23.4 Å². The third-order valence-electron chi connectivity index (χ3n) is 7.08. The Morgan fingerprint density at radius 1 is 1.28 bits per heavy atom. The first kappa shape index (κ1) is 18.8. The number of hydrogen-bond donors (Lipinski definition) is 0. The molecule has 1 spiro atoms. The molecule has 0 N–H and O–H groups in total. The maximum absolute atomic E-state index is 13.3. The number of amides is 2. The normalized spacial score (nSPS) is 24.3. The topological polar surface area (TPSA) is 71.3 Å². The Hall–Kier alpha value is -2.22. The highest BCUT2D eigenvalue weighted by molar-refractivity contribution is 7.09. The van der Waals surface area contributed by atoms with E-state index in [0.29, 0.717) is 25.5 Å². The number of β-lactam (4-membered cyclic amide) rings is 1. The van der Waals surface area contributed by atoms with Crippen LogP contribution in [-0.4, -0.2) is 55.3 Å². The predicted molar refractivity (Wildman–Crippen MR) is 109 cm³/mol. The maximum Gasteiger partial charge on any atom is 0.242 e. The van der Waals surface area contributed by atoms with Gasteiger partial charge in [-0.3, -0.25) is 9.59 Å². The molecule has 1 unspecified atom stereocenters. The van der Waals surface area contributed by atoms with E-state index in [1.54, 1.807) is 28.4 Å². The summed E-state index contributed by atoms with van der Waals surface area (Å²) in [5.74, 6) is 0.467. The van der Waals surface area contributed by atoms with Crippen molar-refractivity contribution < 1.29 is 9.59 Å². The van der Waals surface area contributed by atoms with Crippen LogP contribution in [0.2, 0.25) is 0 Å². The van der Waals surface area contributed by atoms with Crippen molar-refractivity contribution in [2.24, 2.45) is 5.41 Å². The highest BCUT2D eigenvalue weighted by Crippen LogP contribution is 2.61. The summed E-state index contributed by atoms with van der Waals surface area (Å²) in [7, 11) is 0. The van der Waals surface area contributed by atoms with Crippen molar-refractivity contribution >= 4 is 23.2 Å². The van der Waals surface area contributed by atoms with Gasteiger partial charge in [0.25, 0.3) is 0 Å². The summed E-state index contributed by atoms with van der Waals surface area (Å²) in [6.45, 7) is 3.82. The molecule has 2 aromatic rings. The molecule has 1 saturated carbocycles. The molecule has 2 aromatic heterocycles. The van der Waals surface area contributed by atoms with Crippen LogP contribution >= 0.6 is 11.3 Å².